The average Bonchev–Trinajstić information content (AvgIpc) is 2.65. The molecule has 1 aliphatic carbocycles. The molecule has 0 spiro atoms. The monoisotopic (exact) mass is 271 g/mol. The van der Waals surface area contributed by atoms with E-state index in [-0.39, 0.29) is 0 Å². The van der Waals surface area contributed by atoms with Gasteiger partial charge in [-0.3, -0.25) is 4.90 Å². The summed E-state index contributed by atoms with van der Waals surface area (Å²) in [4.78, 5) is 2.42. The lowest BCUT2D eigenvalue weighted by Gasteiger charge is -2.30. The fraction of sp³-hybridized carbons (Fsp3) is 0.667. The number of rotatable bonds is 3. The lowest BCUT2D eigenvalue weighted by Crippen LogP contribution is -2.32. The minimum absolute atomic E-state index is 0.752. The van der Waals surface area contributed by atoms with Gasteiger partial charge in [-0.25, -0.2) is 0 Å². The molecule has 3 heteroatoms. The molecule has 0 atom stereocenters. The largest absolute Gasteiger partial charge is 0.453 e. The van der Waals surface area contributed by atoms with E-state index in [4.69, 9.17) is 4.42 Å². The first-order chi connectivity index (χ1) is 7.25. The van der Waals surface area contributed by atoms with Crippen molar-refractivity contribution in [2.45, 2.75) is 44.7 Å². The van der Waals surface area contributed by atoms with Gasteiger partial charge in [0.05, 0.1) is 6.54 Å². The SMILES string of the molecule is CN(Cc1ccc(Br)o1)C1CCCCC1. The van der Waals surface area contributed by atoms with Crippen LogP contribution in [0.15, 0.2) is 21.2 Å². The molecule has 1 heterocycles. The first-order valence-electron chi connectivity index (χ1n) is 5.70. The zero-order chi connectivity index (χ0) is 10.7. The van der Waals surface area contributed by atoms with Gasteiger partial charge in [0.15, 0.2) is 4.67 Å². The van der Waals surface area contributed by atoms with E-state index in [1.165, 1.54) is 32.1 Å². The van der Waals surface area contributed by atoms with Gasteiger partial charge in [0.25, 0.3) is 0 Å². The van der Waals surface area contributed by atoms with Crippen molar-refractivity contribution in [2.24, 2.45) is 0 Å². The molecular formula is C12H18BrNO. The molecule has 1 saturated carbocycles. The topological polar surface area (TPSA) is 16.4 Å². The minimum Gasteiger partial charge on any atom is -0.453 e. The molecule has 15 heavy (non-hydrogen) atoms. The highest BCUT2D eigenvalue weighted by molar-refractivity contribution is 9.10. The maximum Gasteiger partial charge on any atom is 0.169 e. The predicted molar refractivity (Wildman–Crippen MR) is 64.7 cm³/mol. The molecule has 0 unspecified atom stereocenters. The van der Waals surface area contributed by atoms with Crippen molar-refractivity contribution in [3.8, 4) is 0 Å². The molecular weight excluding hydrogens is 254 g/mol. The Morgan fingerprint density at radius 2 is 2.07 bits per heavy atom. The third-order valence-corrected chi connectivity index (χ3v) is 3.66. The highest BCUT2D eigenvalue weighted by Crippen LogP contribution is 2.23. The van der Waals surface area contributed by atoms with Crippen LogP contribution in [-0.4, -0.2) is 18.0 Å². The van der Waals surface area contributed by atoms with Crippen LogP contribution in [0.25, 0.3) is 0 Å². The molecule has 1 aromatic heterocycles. The summed E-state index contributed by atoms with van der Waals surface area (Å²) in [5.41, 5.74) is 0. The summed E-state index contributed by atoms with van der Waals surface area (Å²) in [6, 6.07) is 4.76. The Kier molecular flexibility index (Phi) is 3.87. The van der Waals surface area contributed by atoms with Crippen molar-refractivity contribution in [3.05, 3.63) is 22.6 Å². The molecule has 2 nitrogen and oxygen atoms in total. The second-order valence-corrected chi connectivity index (χ2v) is 5.19. The standard InChI is InChI=1S/C12H18BrNO/c1-14(10-5-3-2-4-6-10)9-11-7-8-12(13)15-11/h7-8,10H,2-6,9H2,1H3. The summed E-state index contributed by atoms with van der Waals surface area (Å²) < 4.78 is 6.35. The van der Waals surface area contributed by atoms with Crippen LogP contribution in [0.4, 0.5) is 0 Å². The second kappa shape index (κ2) is 5.17. The number of halogens is 1. The summed E-state index contributed by atoms with van der Waals surface area (Å²) in [7, 11) is 2.20. The molecule has 0 saturated heterocycles. The van der Waals surface area contributed by atoms with Crippen molar-refractivity contribution in [3.63, 3.8) is 0 Å². The van der Waals surface area contributed by atoms with E-state index >= 15 is 0 Å². The van der Waals surface area contributed by atoms with Gasteiger partial charge in [0.1, 0.15) is 5.76 Å². The molecule has 2 rings (SSSR count). The van der Waals surface area contributed by atoms with Crippen LogP contribution in [0.2, 0.25) is 0 Å². The van der Waals surface area contributed by atoms with Gasteiger partial charge < -0.3 is 4.42 Å². The Labute approximate surface area is 99.8 Å². The minimum atomic E-state index is 0.752. The van der Waals surface area contributed by atoms with E-state index in [1.54, 1.807) is 0 Å². The van der Waals surface area contributed by atoms with Gasteiger partial charge in [0, 0.05) is 6.04 Å². The molecule has 0 radical (unpaired) electrons. The van der Waals surface area contributed by atoms with Crippen LogP contribution < -0.4 is 0 Å². The quantitative estimate of drug-likeness (QED) is 0.832. The highest BCUT2D eigenvalue weighted by Gasteiger charge is 2.18. The average molecular weight is 272 g/mol. The van der Waals surface area contributed by atoms with Crippen LogP contribution in [0, 0.1) is 0 Å². The van der Waals surface area contributed by atoms with Gasteiger partial charge in [-0.2, -0.15) is 0 Å². The van der Waals surface area contributed by atoms with E-state index < -0.39 is 0 Å². The molecule has 0 aliphatic heterocycles. The Morgan fingerprint density at radius 3 is 2.67 bits per heavy atom. The molecule has 1 aliphatic rings. The third kappa shape index (κ3) is 3.08. The lowest BCUT2D eigenvalue weighted by molar-refractivity contribution is 0.172. The van der Waals surface area contributed by atoms with E-state index in [0.717, 1.165) is 23.0 Å². The van der Waals surface area contributed by atoms with Crippen LogP contribution >= 0.6 is 15.9 Å². The summed E-state index contributed by atoms with van der Waals surface area (Å²) in [6.45, 7) is 0.927. The van der Waals surface area contributed by atoms with Crippen molar-refractivity contribution in [1.29, 1.82) is 0 Å². The van der Waals surface area contributed by atoms with Gasteiger partial charge in [0.2, 0.25) is 0 Å². The third-order valence-electron chi connectivity index (χ3n) is 3.23. The fourth-order valence-electron chi connectivity index (χ4n) is 2.33. The number of nitrogens with zero attached hydrogens (tertiary/aromatic N) is 1. The smallest absolute Gasteiger partial charge is 0.169 e. The molecule has 0 N–H and O–H groups in total. The number of hydrogen-bond donors (Lipinski definition) is 0. The maximum atomic E-state index is 5.52. The number of hydrogen-bond acceptors (Lipinski definition) is 2. The zero-order valence-electron chi connectivity index (χ0n) is 9.21. The fourth-order valence-corrected chi connectivity index (χ4v) is 2.67. The van der Waals surface area contributed by atoms with Crippen LogP contribution in [0.3, 0.4) is 0 Å². The normalized spacial score (nSPS) is 18.6. The van der Waals surface area contributed by atoms with Crippen molar-refractivity contribution >= 4 is 15.9 Å². The first-order valence-corrected chi connectivity index (χ1v) is 6.49. The maximum absolute atomic E-state index is 5.52. The summed E-state index contributed by atoms with van der Waals surface area (Å²) >= 11 is 3.33. The van der Waals surface area contributed by atoms with Gasteiger partial charge in [-0.05, 0) is 48.0 Å². The van der Waals surface area contributed by atoms with Crippen LogP contribution in [0.1, 0.15) is 37.9 Å². The summed E-state index contributed by atoms with van der Waals surface area (Å²) in [5, 5.41) is 0. The molecule has 84 valence electrons. The van der Waals surface area contributed by atoms with Crippen molar-refractivity contribution in [1.82, 2.24) is 4.90 Å². The van der Waals surface area contributed by atoms with E-state index in [2.05, 4.69) is 27.9 Å². The second-order valence-electron chi connectivity index (χ2n) is 4.41. The molecule has 1 aromatic rings. The predicted octanol–water partition coefficient (Wildman–Crippen LogP) is 3.81. The summed E-state index contributed by atoms with van der Waals surface area (Å²) in [5.74, 6) is 1.05. The van der Waals surface area contributed by atoms with Gasteiger partial charge in [-0.15, -0.1) is 0 Å². The first kappa shape index (κ1) is 11.2. The molecule has 0 aromatic carbocycles. The van der Waals surface area contributed by atoms with E-state index in [0.29, 0.717) is 0 Å². The van der Waals surface area contributed by atoms with Crippen molar-refractivity contribution < 1.29 is 4.42 Å². The van der Waals surface area contributed by atoms with E-state index in [9.17, 15) is 0 Å². The van der Waals surface area contributed by atoms with Crippen LogP contribution in [-0.2, 0) is 6.54 Å². The highest BCUT2D eigenvalue weighted by atomic mass is 79.9. The molecule has 0 bridgehead atoms. The Hall–Kier alpha value is -0.280. The Balaban J connectivity index is 1.88. The van der Waals surface area contributed by atoms with E-state index in [1.807, 2.05) is 12.1 Å². The number of furan rings is 1. The summed E-state index contributed by atoms with van der Waals surface area (Å²) in [6.07, 6.45) is 6.88. The van der Waals surface area contributed by atoms with Gasteiger partial charge >= 0.3 is 0 Å². The molecule has 0 amide bonds. The lowest BCUT2D eigenvalue weighted by atomic mass is 9.94. The van der Waals surface area contributed by atoms with Gasteiger partial charge in [-0.1, -0.05) is 19.3 Å². The van der Waals surface area contributed by atoms with Crippen molar-refractivity contribution in [2.75, 3.05) is 7.05 Å². The Bertz CT molecular complexity index is 304. The van der Waals surface area contributed by atoms with Crippen LogP contribution in [0.5, 0.6) is 0 Å². The Morgan fingerprint density at radius 1 is 1.33 bits per heavy atom. The molecule has 1 fully saturated rings. The zero-order valence-corrected chi connectivity index (χ0v) is 10.8.